The molecule has 3 rings (SSSR count). The normalized spacial score (nSPS) is 16.4. The zero-order valence-corrected chi connectivity index (χ0v) is 20.1. The van der Waals surface area contributed by atoms with Crippen molar-refractivity contribution in [3.05, 3.63) is 29.7 Å². The summed E-state index contributed by atoms with van der Waals surface area (Å²) in [6, 6.07) is 3.98. The fraction of sp³-hybridized carbons (Fsp3) is 0.667. The molecule has 0 radical (unpaired) electrons. The van der Waals surface area contributed by atoms with Crippen molar-refractivity contribution < 1.29 is 22.4 Å². The minimum atomic E-state index is -4.52. The van der Waals surface area contributed by atoms with Crippen LogP contribution in [0.3, 0.4) is 0 Å². The van der Waals surface area contributed by atoms with E-state index in [1.54, 1.807) is 6.07 Å². The Hall–Kier alpha value is -1.80. The van der Waals surface area contributed by atoms with Crippen LogP contribution in [0.25, 0.3) is 11.4 Å². The lowest BCUT2D eigenvalue weighted by atomic mass is 10.00. The van der Waals surface area contributed by atoms with Gasteiger partial charge in [0.2, 0.25) is 11.7 Å². The van der Waals surface area contributed by atoms with E-state index in [-0.39, 0.29) is 42.1 Å². The van der Waals surface area contributed by atoms with Crippen LogP contribution in [-0.2, 0) is 6.18 Å². The van der Waals surface area contributed by atoms with Gasteiger partial charge in [0.05, 0.1) is 18.1 Å². The van der Waals surface area contributed by atoms with Gasteiger partial charge in [-0.05, 0) is 44.0 Å². The summed E-state index contributed by atoms with van der Waals surface area (Å²) in [6.45, 7) is 4.15. The van der Waals surface area contributed by atoms with Gasteiger partial charge in [-0.1, -0.05) is 57.0 Å². The summed E-state index contributed by atoms with van der Waals surface area (Å²) in [5, 5.41) is 7.18. The van der Waals surface area contributed by atoms with E-state index in [0.717, 1.165) is 51.3 Å². The van der Waals surface area contributed by atoms with Gasteiger partial charge in [-0.25, -0.2) is 0 Å². The van der Waals surface area contributed by atoms with E-state index < -0.39 is 11.7 Å². The highest BCUT2D eigenvalue weighted by Gasteiger charge is 2.35. The van der Waals surface area contributed by atoms with Crippen molar-refractivity contribution in [3.8, 4) is 17.1 Å². The Morgan fingerprint density at radius 2 is 1.82 bits per heavy atom. The predicted molar refractivity (Wildman–Crippen MR) is 125 cm³/mol. The fourth-order valence-electron chi connectivity index (χ4n) is 4.02. The molecular formula is C24H35ClF3N3O2. The van der Waals surface area contributed by atoms with Crippen LogP contribution in [0.1, 0.15) is 88.5 Å². The van der Waals surface area contributed by atoms with Crippen molar-refractivity contribution in [2.45, 2.75) is 83.2 Å². The van der Waals surface area contributed by atoms with Gasteiger partial charge in [0.25, 0.3) is 0 Å². The monoisotopic (exact) mass is 489 g/mol. The summed E-state index contributed by atoms with van der Waals surface area (Å²) in [4.78, 5) is 4.35. The number of nitrogens with one attached hydrogen (secondary N) is 1. The van der Waals surface area contributed by atoms with Gasteiger partial charge in [0.1, 0.15) is 5.75 Å². The third-order valence-corrected chi connectivity index (χ3v) is 5.89. The van der Waals surface area contributed by atoms with E-state index in [4.69, 9.17) is 9.26 Å². The van der Waals surface area contributed by atoms with Gasteiger partial charge in [-0.15, -0.1) is 12.4 Å². The second kappa shape index (κ2) is 13.8. The Morgan fingerprint density at radius 1 is 1.09 bits per heavy atom. The minimum Gasteiger partial charge on any atom is -0.493 e. The van der Waals surface area contributed by atoms with Gasteiger partial charge in [0.15, 0.2) is 0 Å². The van der Waals surface area contributed by atoms with Gasteiger partial charge < -0.3 is 14.6 Å². The number of ether oxygens (including phenoxy) is 1. The molecule has 1 aromatic carbocycles. The number of halogens is 4. The van der Waals surface area contributed by atoms with E-state index in [1.165, 1.54) is 38.2 Å². The van der Waals surface area contributed by atoms with Crippen LogP contribution < -0.4 is 10.1 Å². The van der Waals surface area contributed by atoms with Crippen LogP contribution in [-0.4, -0.2) is 29.8 Å². The van der Waals surface area contributed by atoms with Gasteiger partial charge in [-0.3, -0.25) is 0 Å². The lowest BCUT2D eigenvalue weighted by Crippen LogP contribution is -2.28. The number of nitrogens with zero attached hydrogens (tertiary/aromatic N) is 2. The van der Waals surface area contributed by atoms with Gasteiger partial charge in [-0.2, -0.15) is 18.2 Å². The molecule has 0 saturated carbocycles. The molecule has 0 aliphatic carbocycles. The zero-order valence-electron chi connectivity index (χ0n) is 19.3. The number of hydrogen-bond acceptors (Lipinski definition) is 5. The topological polar surface area (TPSA) is 60.2 Å². The maximum atomic E-state index is 13.7. The number of unbranched alkanes of at least 4 members (excludes halogenated alkanes) is 7. The number of piperidine rings is 1. The minimum absolute atomic E-state index is 0. The first-order valence-corrected chi connectivity index (χ1v) is 11.9. The fourth-order valence-corrected chi connectivity index (χ4v) is 4.02. The van der Waals surface area contributed by atoms with Crippen molar-refractivity contribution in [1.82, 2.24) is 15.5 Å². The average molecular weight is 490 g/mol. The number of alkyl halides is 3. The first kappa shape index (κ1) is 27.4. The van der Waals surface area contributed by atoms with Crippen molar-refractivity contribution in [2.75, 3.05) is 19.7 Å². The molecule has 0 amide bonds. The molecule has 0 bridgehead atoms. The summed E-state index contributed by atoms with van der Waals surface area (Å²) in [5.41, 5.74) is -0.532. The third-order valence-electron chi connectivity index (χ3n) is 5.89. The molecule has 1 N–H and O–H groups in total. The summed E-state index contributed by atoms with van der Waals surface area (Å²) in [7, 11) is 0. The van der Waals surface area contributed by atoms with Crippen molar-refractivity contribution in [1.29, 1.82) is 0 Å². The SMILES string of the molecule is CCCCCCCCCCOc1ccc(-c2noc([C@@H]3CCCNC3)n2)cc1C(F)(F)F.Cl. The molecule has 1 aromatic heterocycles. The largest absolute Gasteiger partial charge is 0.493 e. The molecule has 2 aromatic rings. The van der Waals surface area contributed by atoms with Crippen LogP contribution >= 0.6 is 12.4 Å². The van der Waals surface area contributed by atoms with Crippen molar-refractivity contribution >= 4 is 12.4 Å². The van der Waals surface area contributed by atoms with E-state index in [9.17, 15) is 13.2 Å². The highest BCUT2D eigenvalue weighted by molar-refractivity contribution is 5.85. The van der Waals surface area contributed by atoms with Gasteiger partial charge >= 0.3 is 6.18 Å². The third kappa shape index (κ3) is 8.49. The van der Waals surface area contributed by atoms with E-state index in [2.05, 4.69) is 22.4 Å². The van der Waals surface area contributed by atoms with E-state index >= 15 is 0 Å². The first-order chi connectivity index (χ1) is 15.5. The standard InChI is InChI=1S/C24H34F3N3O2.ClH/c1-2-3-4-5-6-7-8-9-15-31-21-13-12-18(16-20(21)24(25,26)27)22-29-23(32-30-22)19-11-10-14-28-17-19;/h12-13,16,19,28H,2-11,14-15,17H2,1H3;1H/t19-;/m1./s1. The Kier molecular flexibility index (Phi) is 11.5. The Bertz CT molecular complexity index is 824. The molecule has 1 saturated heterocycles. The number of aromatic nitrogens is 2. The smallest absolute Gasteiger partial charge is 0.419 e. The molecule has 1 fully saturated rings. The van der Waals surface area contributed by atoms with Crippen LogP contribution in [0.4, 0.5) is 13.2 Å². The molecule has 1 aliphatic rings. The van der Waals surface area contributed by atoms with E-state index in [0.29, 0.717) is 5.89 Å². The van der Waals surface area contributed by atoms with Crippen LogP contribution in [0.5, 0.6) is 5.75 Å². The predicted octanol–water partition coefficient (Wildman–Crippen LogP) is 7.16. The van der Waals surface area contributed by atoms with Crippen LogP contribution in [0.2, 0.25) is 0 Å². The van der Waals surface area contributed by atoms with E-state index in [1.807, 2.05) is 0 Å². The molecule has 2 heterocycles. The highest BCUT2D eigenvalue weighted by atomic mass is 35.5. The molecule has 33 heavy (non-hydrogen) atoms. The van der Waals surface area contributed by atoms with Crippen LogP contribution in [0, 0.1) is 0 Å². The Morgan fingerprint density at radius 3 is 2.48 bits per heavy atom. The second-order valence-corrected chi connectivity index (χ2v) is 8.53. The number of rotatable bonds is 12. The lowest BCUT2D eigenvalue weighted by molar-refractivity contribution is -0.138. The molecule has 0 unspecified atom stereocenters. The summed E-state index contributed by atoms with van der Waals surface area (Å²) in [5.74, 6) is 0.590. The molecule has 9 heteroatoms. The quantitative estimate of drug-likeness (QED) is 0.320. The average Bonchev–Trinajstić information content (AvgIpc) is 3.28. The number of benzene rings is 1. The van der Waals surface area contributed by atoms with Crippen LogP contribution in [0.15, 0.2) is 22.7 Å². The Balaban J connectivity index is 0.00000385. The summed E-state index contributed by atoms with van der Waals surface area (Å²) < 4.78 is 51.8. The second-order valence-electron chi connectivity index (χ2n) is 8.53. The first-order valence-electron chi connectivity index (χ1n) is 11.9. The molecule has 1 atom stereocenters. The molecule has 0 spiro atoms. The summed E-state index contributed by atoms with van der Waals surface area (Å²) in [6.07, 6.45) is 6.36. The molecule has 186 valence electrons. The lowest BCUT2D eigenvalue weighted by Gasteiger charge is -2.18. The zero-order chi connectivity index (χ0) is 22.8. The van der Waals surface area contributed by atoms with Crippen molar-refractivity contribution in [3.63, 3.8) is 0 Å². The summed E-state index contributed by atoms with van der Waals surface area (Å²) >= 11 is 0. The maximum absolute atomic E-state index is 13.7. The highest BCUT2D eigenvalue weighted by Crippen LogP contribution is 2.38. The Labute approximate surface area is 200 Å². The maximum Gasteiger partial charge on any atom is 0.419 e. The number of hydrogen-bond donors (Lipinski definition) is 1. The van der Waals surface area contributed by atoms with Gasteiger partial charge in [0, 0.05) is 12.1 Å². The molecule has 1 aliphatic heterocycles. The van der Waals surface area contributed by atoms with Crippen molar-refractivity contribution in [2.24, 2.45) is 0 Å². The molecular weight excluding hydrogens is 455 g/mol. The molecule has 5 nitrogen and oxygen atoms in total.